The molecule has 0 saturated carbocycles. The zero-order chi connectivity index (χ0) is 14.1. The maximum Gasteiger partial charge on any atom is 0.138 e. The molecule has 1 N–H and O–H groups in total. The van der Waals surface area contributed by atoms with Crippen LogP contribution < -0.4 is 5.32 Å². The van der Waals surface area contributed by atoms with Gasteiger partial charge in [0.05, 0.1) is 6.61 Å². The maximum atomic E-state index is 4.98. The molecule has 0 radical (unpaired) electrons. The first-order valence-corrected chi connectivity index (χ1v) is 6.88. The molecule has 0 unspecified atom stereocenters. The number of nitrogens with zero attached hydrogens (tertiary/aromatic N) is 3. The average molecular weight is 266 g/mol. The molecule has 0 spiro atoms. The highest BCUT2D eigenvalue weighted by Crippen LogP contribution is 2.10. The highest BCUT2D eigenvalue weighted by atomic mass is 16.5. The van der Waals surface area contributed by atoms with Crippen molar-refractivity contribution in [3.8, 4) is 0 Å². The monoisotopic (exact) mass is 266 g/mol. The van der Waals surface area contributed by atoms with Crippen molar-refractivity contribution in [1.29, 1.82) is 0 Å². The molecule has 0 atom stereocenters. The van der Waals surface area contributed by atoms with E-state index in [-0.39, 0.29) is 0 Å². The Hall–Kier alpha value is -1.20. The first-order valence-electron chi connectivity index (χ1n) is 6.88. The highest BCUT2D eigenvalue weighted by Gasteiger charge is 2.07. The van der Waals surface area contributed by atoms with Gasteiger partial charge in [0.25, 0.3) is 0 Å². The SMILES string of the molecule is COCCNCCC=C(C)Cc1ncnn1C(C)C. The standard InChI is InChI=1S/C14H26N4O/c1-12(2)18-14(16-11-17-18)10-13(3)6-5-7-15-8-9-19-4/h6,11-12,15H,5,7-10H2,1-4H3. The lowest BCUT2D eigenvalue weighted by atomic mass is 10.1. The molecule has 1 aromatic rings. The minimum atomic E-state index is 0.362. The Labute approximate surface area is 116 Å². The van der Waals surface area contributed by atoms with Crippen molar-refractivity contribution in [3.63, 3.8) is 0 Å². The number of hydrogen-bond donors (Lipinski definition) is 1. The van der Waals surface area contributed by atoms with Crippen LogP contribution >= 0.6 is 0 Å². The Morgan fingerprint density at radius 3 is 2.95 bits per heavy atom. The summed E-state index contributed by atoms with van der Waals surface area (Å²) in [5.74, 6) is 1.04. The van der Waals surface area contributed by atoms with Crippen LogP contribution in [0.2, 0.25) is 0 Å². The Kier molecular flexibility index (Phi) is 7.36. The molecule has 0 aliphatic heterocycles. The van der Waals surface area contributed by atoms with E-state index in [1.807, 2.05) is 4.68 Å². The van der Waals surface area contributed by atoms with Crippen molar-refractivity contribution in [2.24, 2.45) is 0 Å². The van der Waals surface area contributed by atoms with Crippen molar-refractivity contribution in [3.05, 3.63) is 23.8 Å². The van der Waals surface area contributed by atoms with E-state index in [1.165, 1.54) is 5.57 Å². The molecular weight excluding hydrogens is 240 g/mol. The number of nitrogens with one attached hydrogen (secondary N) is 1. The number of rotatable bonds is 9. The molecular formula is C14H26N4O. The lowest BCUT2D eigenvalue weighted by Crippen LogP contribution is -2.19. The van der Waals surface area contributed by atoms with Gasteiger partial charge in [0, 0.05) is 26.1 Å². The molecule has 0 saturated heterocycles. The van der Waals surface area contributed by atoms with Gasteiger partial charge in [-0.1, -0.05) is 11.6 Å². The summed E-state index contributed by atoms with van der Waals surface area (Å²) in [6.07, 6.45) is 5.80. The van der Waals surface area contributed by atoms with Gasteiger partial charge in [0.1, 0.15) is 12.2 Å². The number of allylic oxidation sites excluding steroid dienone is 1. The first-order chi connectivity index (χ1) is 9.15. The van der Waals surface area contributed by atoms with Gasteiger partial charge in [0.15, 0.2) is 0 Å². The van der Waals surface area contributed by atoms with Crippen molar-refractivity contribution < 1.29 is 4.74 Å². The predicted molar refractivity (Wildman–Crippen MR) is 77.2 cm³/mol. The van der Waals surface area contributed by atoms with E-state index in [0.717, 1.165) is 38.4 Å². The summed E-state index contributed by atoms with van der Waals surface area (Å²) in [7, 11) is 1.72. The molecule has 1 aromatic heterocycles. The average Bonchev–Trinajstić information content (AvgIpc) is 2.81. The third-order valence-corrected chi connectivity index (χ3v) is 2.87. The van der Waals surface area contributed by atoms with Gasteiger partial charge in [-0.15, -0.1) is 0 Å². The summed E-state index contributed by atoms with van der Waals surface area (Å²) >= 11 is 0. The largest absolute Gasteiger partial charge is 0.383 e. The maximum absolute atomic E-state index is 4.98. The summed E-state index contributed by atoms with van der Waals surface area (Å²) in [4.78, 5) is 4.33. The van der Waals surface area contributed by atoms with Gasteiger partial charge < -0.3 is 10.1 Å². The molecule has 0 aliphatic rings. The molecule has 0 amide bonds. The van der Waals surface area contributed by atoms with Crippen LogP contribution in [0, 0.1) is 0 Å². The minimum absolute atomic E-state index is 0.362. The second kappa shape index (κ2) is 8.82. The van der Waals surface area contributed by atoms with E-state index >= 15 is 0 Å². The number of ether oxygens (including phenoxy) is 1. The molecule has 0 aromatic carbocycles. The lowest BCUT2D eigenvalue weighted by Gasteiger charge is -2.09. The highest BCUT2D eigenvalue weighted by molar-refractivity contribution is 5.07. The fourth-order valence-electron chi connectivity index (χ4n) is 1.87. The zero-order valence-corrected chi connectivity index (χ0v) is 12.5. The molecule has 5 nitrogen and oxygen atoms in total. The number of hydrogen-bond acceptors (Lipinski definition) is 4. The van der Waals surface area contributed by atoms with Crippen molar-refractivity contribution in [2.45, 2.75) is 39.7 Å². The van der Waals surface area contributed by atoms with Crippen LogP contribution in [-0.2, 0) is 11.2 Å². The van der Waals surface area contributed by atoms with Crippen LogP contribution in [0.4, 0.5) is 0 Å². The van der Waals surface area contributed by atoms with Gasteiger partial charge in [-0.2, -0.15) is 5.10 Å². The van der Waals surface area contributed by atoms with Gasteiger partial charge in [0.2, 0.25) is 0 Å². The molecule has 108 valence electrons. The zero-order valence-electron chi connectivity index (χ0n) is 12.5. The van der Waals surface area contributed by atoms with Crippen LogP contribution in [-0.4, -0.2) is 41.6 Å². The summed E-state index contributed by atoms with van der Waals surface area (Å²) in [5.41, 5.74) is 1.34. The van der Waals surface area contributed by atoms with E-state index in [1.54, 1.807) is 13.4 Å². The molecule has 19 heavy (non-hydrogen) atoms. The van der Waals surface area contributed by atoms with E-state index in [9.17, 15) is 0 Å². The number of aromatic nitrogens is 3. The lowest BCUT2D eigenvalue weighted by molar-refractivity contribution is 0.199. The van der Waals surface area contributed by atoms with Crippen LogP contribution in [0.5, 0.6) is 0 Å². The second-order valence-corrected chi connectivity index (χ2v) is 4.97. The third kappa shape index (κ3) is 5.98. The van der Waals surface area contributed by atoms with Gasteiger partial charge in [-0.05, 0) is 33.7 Å². The summed E-state index contributed by atoms with van der Waals surface area (Å²) in [6, 6.07) is 0.362. The summed E-state index contributed by atoms with van der Waals surface area (Å²) in [5, 5.41) is 7.58. The van der Waals surface area contributed by atoms with Crippen LogP contribution in [0.25, 0.3) is 0 Å². The van der Waals surface area contributed by atoms with Crippen LogP contribution in [0.3, 0.4) is 0 Å². The fourth-order valence-corrected chi connectivity index (χ4v) is 1.87. The quantitative estimate of drug-likeness (QED) is 0.548. The van der Waals surface area contributed by atoms with E-state index in [0.29, 0.717) is 6.04 Å². The van der Waals surface area contributed by atoms with Gasteiger partial charge in [-0.25, -0.2) is 9.67 Å². The first kappa shape index (κ1) is 15.9. The Morgan fingerprint density at radius 2 is 2.26 bits per heavy atom. The number of methoxy groups -OCH3 is 1. The Balaban J connectivity index is 2.33. The van der Waals surface area contributed by atoms with Crippen molar-refractivity contribution in [1.82, 2.24) is 20.1 Å². The summed E-state index contributed by atoms with van der Waals surface area (Å²) in [6.45, 7) is 9.05. The molecule has 1 heterocycles. The topological polar surface area (TPSA) is 52.0 Å². The van der Waals surface area contributed by atoms with E-state index in [2.05, 4.69) is 42.2 Å². The smallest absolute Gasteiger partial charge is 0.138 e. The molecule has 5 heteroatoms. The second-order valence-electron chi connectivity index (χ2n) is 4.97. The third-order valence-electron chi connectivity index (χ3n) is 2.87. The van der Waals surface area contributed by atoms with E-state index in [4.69, 9.17) is 4.74 Å². The van der Waals surface area contributed by atoms with Crippen molar-refractivity contribution >= 4 is 0 Å². The van der Waals surface area contributed by atoms with Gasteiger partial charge in [-0.3, -0.25) is 0 Å². The van der Waals surface area contributed by atoms with Crippen molar-refractivity contribution in [2.75, 3.05) is 26.8 Å². The molecule has 0 aliphatic carbocycles. The van der Waals surface area contributed by atoms with Crippen LogP contribution in [0.1, 0.15) is 39.1 Å². The fraction of sp³-hybridized carbons (Fsp3) is 0.714. The molecule has 1 rings (SSSR count). The van der Waals surface area contributed by atoms with Crippen LogP contribution in [0.15, 0.2) is 18.0 Å². The predicted octanol–water partition coefficient (Wildman–Crippen LogP) is 1.97. The summed E-state index contributed by atoms with van der Waals surface area (Å²) < 4.78 is 6.96. The Bertz CT molecular complexity index is 385. The molecule has 0 bridgehead atoms. The normalized spacial score (nSPS) is 12.4. The minimum Gasteiger partial charge on any atom is -0.383 e. The van der Waals surface area contributed by atoms with Gasteiger partial charge >= 0.3 is 0 Å². The van der Waals surface area contributed by atoms with E-state index < -0.39 is 0 Å². The molecule has 0 fully saturated rings. The Morgan fingerprint density at radius 1 is 1.47 bits per heavy atom.